The molecule has 3 aromatic rings. The molecule has 1 aliphatic carbocycles. The highest BCUT2D eigenvalue weighted by atomic mass is 16.5. The van der Waals surface area contributed by atoms with Crippen LogP contribution in [0.1, 0.15) is 24.1 Å². The van der Waals surface area contributed by atoms with E-state index in [2.05, 4.69) is 9.97 Å². The van der Waals surface area contributed by atoms with Gasteiger partial charge in [-0.1, -0.05) is 0 Å². The van der Waals surface area contributed by atoms with Crippen LogP contribution >= 0.6 is 0 Å². The minimum absolute atomic E-state index is 0.410. The van der Waals surface area contributed by atoms with Crippen molar-refractivity contribution in [2.24, 2.45) is 0 Å². The lowest BCUT2D eigenvalue weighted by molar-refractivity contribution is 0.325. The van der Waals surface area contributed by atoms with Gasteiger partial charge in [0.15, 0.2) is 17.1 Å². The van der Waals surface area contributed by atoms with Crippen molar-refractivity contribution in [2.75, 3.05) is 27.1 Å². The smallest absolute Gasteiger partial charge is 0.203 e. The Labute approximate surface area is 157 Å². The lowest BCUT2D eigenvalue weighted by atomic mass is 9.87. The van der Waals surface area contributed by atoms with Crippen LogP contribution in [0.25, 0.3) is 22.2 Å². The molecular weight excluding hydrogens is 344 g/mol. The standard InChI is InChI=1S/C20H22N4O3/c1-25-14-9-8-12(17(26-2)18(14)27-3)15-11-6-4-5-7-13(11)24-20-16(15)19(21)22-10-23-20/h8-10H,4-7H2,1-3H3,(H2,21,22,23,24). The molecule has 2 aromatic heterocycles. The molecular formula is C20H22N4O3. The van der Waals surface area contributed by atoms with Crippen molar-refractivity contribution in [3.05, 3.63) is 29.7 Å². The fraction of sp³-hybridized carbons (Fsp3) is 0.350. The summed E-state index contributed by atoms with van der Waals surface area (Å²) in [6.07, 6.45) is 5.54. The van der Waals surface area contributed by atoms with Crippen LogP contribution in [0.5, 0.6) is 17.2 Å². The molecule has 0 saturated heterocycles. The van der Waals surface area contributed by atoms with Crippen molar-refractivity contribution in [3.63, 3.8) is 0 Å². The van der Waals surface area contributed by atoms with Crippen LogP contribution in [0, 0.1) is 0 Å². The van der Waals surface area contributed by atoms with E-state index in [0.29, 0.717) is 28.7 Å². The monoisotopic (exact) mass is 366 g/mol. The second kappa shape index (κ2) is 6.90. The Balaban J connectivity index is 2.13. The molecule has 0 unspecified atom stereocenters. The Morgan fingerprint density at radius 2 is 1.70 bits per heavy atom. The van der Waals surface area contributed by atoms with E-state index in [9.17, 15) is 0 Å². The lowest BCUT2D eigenvalue weighted by Crippen LogP contribution is -2.10. The fourth-order valence-corrected chi connectivity index (χ4v) is 3.87. The van der Waals surface area contributed by atoms with Gasteiger partial charge >= 0.3 is 0 Å². The molecule has 1 aliphatic rings. The minimum atomic E-state index is 0.410. The van der Waals surface area contributed by atoms with Crippen molar-refractivity contribution >= 4 is 16.9 Å². The molecule has 0 fully saturated rings. The van der Waals surface area contributed by atoms with Crippen molar-refractivity contribution in [2.45, 2.75) is 25.7 Å². The van der Waals surface area contributed by atoms with Crippen molar-refractivity contribution in [3.8, 4) is 28.4 Å². The highest BCUT2D eigenvalue weighted by Gasteiger charge is 2.26. The van der Waals surface area contributed by atoms with E-state index in [1.807, 2.05) is 12.1 Å². The predicted octanol–water partition coefficient (Wildman–Crippen LogP) is 3.18. The summed E-state index contributed by atoms with van der Waals surface area (Å²) in [6.45, 7) is 0. The average molecular weight is 366 g/mol. The first-order valence-corrected chi connectivity index (χ1v) is 8.90. The quantitative estimate of drug-likeness (QED) is 0.758. The van der Waals surface area contributed by atoms with E-state index < -0.39 is 0 Å². The third-order valence-electron chi connectivity index (χ3n) is 5.06. The van der Waals surface area contributed by atoms with Gasteiger partial charge in [0.1, 0.15) is 12.1 Å². The summed E-state index contributed by atoms with van der Waals surface area (Å²) in [7, 11) is 4.82. The average Bonchev–Trinajstić information content (AvgIpc) is 2.71. The van der Waals surface area contributed by atoms with Gasteiger partial charge in [0, 0.05) is 16.8 Å². The molecule has 7 heteroatoms. The summed E-state index contributed by atoms with van der Waals surface area (Å²) >= 11 is 0. The molecule has 140 valence electrons. The summed E-state index contributed by atoms with van der Waals surface area (Å²) < 4.78 is 16.7. The second-order valence-corrected chi connectivity index (χ2v) is 6.46. The van der Waals surface area contributed by atoms with E-state index in [1.54, 1.807) is 21.3 Å². The molecule has 0 aliphatic heterocycles. The Bertz CT molecular complexity index is 1020. The zero-order valence-corrected chi connectivity index (χ0v) is 15.7. The zero-order chi connectivity index (χ0) is 19.0. The first kappa shape index (κ1) is 17.3. The van der Waals surface area contributed by atoms with E-state index in [4.69, 9.17) is 24.9 Å². The highest BCUT2D eigenvalue weighted by molar-refractivity contribution is 6.03. The molecule has 27 heavy (non-hydrogen) atoms. The maximum atomic E-state index is 6.26. The lowest BCUT2D eigenvalue weighted by Gasteiger charge is -2.23. The number of pyridine rings is 1. The van der Waals surface area contributed by atoms with Gasteiger partial charge in [0.2, 0.25) is 5.75 Å². The van der Waals surface area contributed by atoms with Crippen LogP contribution in [0.2, 0.25) is 0 Å². The van der Waals surface area contributed by atoms with E-state index in [0.717, 1.165) is 47.9 Å². The summed E-state index contributed by atoms with van der Waals surface area (Å²) in [5.74, 6) is 2.16. The molecule has 0 amide bonds. The van der Waals surface area contributed by atoms with Gasteiger partial charge in [-0.3, -0.25) is 0 Å². The third-order valence-corrected chi connectivity index (χ3v) is 5.06. The number of hydrogen-bond acceptors (Lipinski definition) is 7. The van der Waals surface area contributed by atoms with Crippen LogP contribution in [0.3, 0.4) is 0 Å². The molecule has 4 rings (SSSR count). The van der Waals surface area contributed by atoms with Crippen molar-refractivity contribution in [1.82, 2.24) is 15.0 Å². The predicted molar refractivity (Wildman–Crippen MR) is 103 cm³/mol. The minimum Gasteiger partial charge on any atom is -0.493 e. The molecule has 2 heterocycles. The Morgan fingerprint density at radius 3 is 2.44 bits per heavy atom. The van der Waals surface area contributed by atoms with Gasteiger partial charge in [0.05, 0.1) is 26.7 Å². The van der Waals surface area contributed by atoms with Gasteiger partial charge < -0.3 is 19.9 Å². The topological polar surface area (TPSA) is 92.4 Å². The Hall–Kier alpha value is -3.09. The maximum Gasteiger partial charge on any atom is 0.203 e. The summed E-state index contributed by atoms with van der Waals surface area (Å²) in [6, 6.07) is 3.84. The normalized spacial score (nSPS) is 13.3. The van der Waals surface area contributed by atoms with Gasteiger partial charge in [-0.25, -0.2) is 15.0 Å². The van der Waals surface area contributed by atoms with E-state index >= 15 is 0 Å². The molecule has 0 radical (unpaired) electrons. The van der Waals surface area contributed by atoms with E-state index in [-0.39, 0.29) is 0 Å². The number of ether oxygens (including phenoxy) is 3. The Kier molecular flexibility index (Phi) is 4.43. The number of hydrogen-bond donors (Lipinski definition) is 1. The largest absolute Gasteiger partial charge is 0.493 e. The van der Waals surface area contributed by atoms with Crippen LogP contribution < -0.4 is 19.9 Å². The second-order valence-electron chi connectivity index (χ2n) is 6.46. The number of nitrogen functional groups attached to an aromatic ring is 1. The zero-order valence-electron chi connectivity index (χ0n) is 15.7. The molecule has 1 aromatic carbocycles. The number of rotatable bonds is 4. The number of aromatic nitrogens is 3. The van der Waals surface area contributed by atoms with Crippen LogP contribution in [0.15, 0.2) is 18.5 Å². The van der Waals surface area contributed by atoms with Gasteiger partial charge in [-0.15, -0.1) is 0 Å². The molecule has 0 spiro atoms. The first-order valence-electron chi connectivity index (χ1n) is 8.90. The van der Waals surface area contributed by atoms with E-state index in [1.165, 1.54) is 11.9 Å². The molecule has 7 nitrogen and oxygen atoms in total. The summed E-state index contributed by atoms with van der Waals surface area (Å²) in [5, 5.41) is 0.753. The molecule has 0 bridgehead atoms. The SMILES string of the molecule is COc1ccc(-c2c3c(nc4ncnc(N)c24)CCCC3)c(OC)c1OC. The molecule has 2 N–H and O–H groups in total. The van der Waals surface area contributed by atoms with Crippen LogP contribution in [0.4, 0.5) is 5.82 Å². The van der Waals surface area contributed by atoms with Gasteiger partial charge in [-0.2, -0.15) is 0 Å². The number of nitrogens with two attached hydrogens (primary N) is 1. The number of methoxy groups -OCH3 is 3. The number of benzene rings is 1. The van der Waals surface area contributed by atoms with Gasteiger partial charge in [-0.05, 0) is 43.4 Å². The van der Waals surface area contributed by atoms with Crippen LogP contribution in [-0.2, 0) is 12.8 Å². The number of nitrogens with zero attached hydrogens (tertiary/aromatic N) is 3. The van der Waals surface area contributed by atoms with Gasteiger partial charge in [0.25, 0.3) is 0 Å². The first-order chi connectivity index (χ1) is 13.2. The van der Waals surface area contributed by atoms with Crippen molar-refractivity contribution < 1.29 is 14.2 Å². The Morgan fingerprint density at radius 1 is 0.926 bits per heavy atom. The summed E-state index contributed by atoms with van der Waals surface area (Å²) in [5.41, 5.74) is 11.0. The maximum absolute atomic E-state index is 6.26. The summed E-state index contributed by atoms with van der Waals surface area (Å²) in [4.78, 5) is 13.3. The number of aryl methyl sites for hydroxylation is 1. The van der Waals surface area contributed by atoms with Crippen LogP contribution in [-0.4, -0.2) is 36.3 Å². The number of anilines is 1. The van der Waals surface area contributed by atoms with Crippen molar-refractivity contribution in [1.29, 1.82) is 0 Å². The molecule has 0 atom stereocenters. The fourth-order valence-electron chi connectivity index (χ4n) is 3.87. The highest BCUT2D eigenvalue weighted by Crippen LogP contribution is 2.48. The molecule has 0 saturated carbocycles. The third kappa shape index (κ3) is 2.70. The number of fused-ring (bicyclic) bond motifs is 2.